The van der Waals surface area contributed by atoms with Gasteiger partial charge in [-0.1, -0.05) is 0 Å². The number of nitrogens with two attached hydrogens (primary N) is 1. The summed E-state index contributed by atoms with van der Waals surface area (Å²) in [6.07, 6.45) is 3.57. The Balaban J connectivity index is 1.78. The van der Waals surface area contributed by atoms with Gasteiger partial charge in [-0.2, -0.15) is 0 Å². The number of aromatic nitrogens is 4. The Morgan fingerprint density at radius 3 is 3.05 bits per heavy atom. The lowest BCUT2D eigenvalue weighted by Gasteiger charge is -2.10. The van der Waals surface area contributed by atoms with E-state index in [1.54, 1.807) is 0 Å². The van der Waals surface area contributed by atoms with E-state index in [0.29, 0.717) is 6.10 Å². The van der Waals surface area contributed by atoms with Crippen LogP contribution in [0.2, 0.25) is 0 Å². The highest BCUT2D eigenvalue weighted by Crippen LogP contribution is 2.22. The molecule has 1 atom stereocenters. The van der Waals surface area contributed by atoms with Crippen molar-refractivity contribution < 1.29 is 4.74 Å². The summed E-state index contributed by atoms with van der Waals surface area (Å²) in [5, 5.41) is 12.0. The van der Waals surface area contributed by atoms with E-state index in [-0.39, 0.29) is 0 Å². The van der Waals surface area contributed by atoms with Crippen molar-refractivity contribution in [3.8, 4) is 11.4 Å². The molecule has 106 valence electrons. The molecule has 3 rings (SSSR count). The van der Waals surface area contributed by atoms with Crippen LogP contribution in [0.1, 0.15) is 24.8 Å². The molecule has 0 bridgehead atoms. The zero-order valence-corrected chi connectivity index (χ0v) is 11.6. The van der Waals surface area contributed by atoms with Gasteiger partial charge in [0, 0.05) is 24.4 Å². The van der Waals surface area contributed by atoms with E-state index in [1.165, 1.54) is 0 Å². The Morgan fingerprint density at radius 1 is 1.40 bits per heavy atom. The maximum absolute atomic E-state index is 5.89. The van der Waals surface area contributed by atoms with Gasteiger partial charge >= 0.3 is 0 Å². The minimum Gasteiger partial charge on any atom is -0.399 e. The molecular formula is C14H19N5O. The molecule has 1 unspecified atom stereocenters. The number of aryl methyl sites for hydroxylation is 2. The van der Waals surface area contributed by atoms with E-state index in [4.69, 9.17) is 10.5 Å². The molecule has 2 aromatic rings. The molecule has 6 heteroatoms. The first-order valence-corrected chi connectivity index (χ1v) is 6.98. The highest BCUT2D eigenvalue weighted by atomic mass is 16.5. The van der Waals surface area contributed by atoms with E-state index < -0.39 is 0 Å². The van der Waals surface area contributed by atoms with Crippen LogP contribution in [0.25, 0.3) is 11.4 Å². The van der Waals surface area contributed by atoms with E-state index in [2.05, 4.69) is 15.5 Å². The third kappa shape index (κ3) is 2.80. The third-order valence-corrected chi connectivity index (χ3v) is 3.58. The van der Waals surface area contributed by atoms with Crippen molar-refractivity contribution in [3.63, 3.8) is 0 Å². The van der Waals surface area contributed by atoms with Crippen LogP contribution in [0.15, 0.2) is 18.2 Å². The molecule has 0 aliphatic carbocycles. The summed E-state index contributed by atoms with van der Waals surface area (Å²) in [7, 11) is 0. The molecule has 0 saturated carbocycles. The van der Waals surface area contributed by atoms with Crippen LogP contribution in [0.4, 0.5) is 5.69 Å². The predicted octanol–water partition coefficient (Wildman–Crippen LogP) is 1.80. The average molecular weight is 273 g/mol. The Hall–Kier alpha value is -1.95. The molecule has 1 aromatic carbocycles. The van der Waals surface area contributed by atoms with Crippen LogP contribution >= 0.6 is 0 Å². The fourth-order valence-electron chi connectivity index (χ4n) is 2.64. The molecule has 2 heterocycles. The zero-order valence-electron chi connectivity index (χ0n) is 11.6. The third-order valence-electron chi connectivity index (χ3n) is 3.58. The van der Waals surface area contributed by atoms with Gasteiger partial charge in [-0.05, 0) is 60.4 Å². The van der Waals surface area contributed by atoms with Crippen LogP contribution in [0.5, 0.6) is 0 Å². The highest BCUT2D eigenvalue weighted by Gasteiger charge is 2.17. The summed E-state index contributed by atoms with van der Waals surface area (Å²) in [6, 6.07) is 5.88. The topological polar surface area (TPSA) is 78.9 Å². The van der Waals surface area contributed by atoms with Crippen molar-refractivity contribution in [2.75, 3.05) is 12.3 Å². The van der Waals surface area contributed by atoms with E-state index in [0.717, 1.165) is 55.1 Å². The van der Waals surface area contributed by atoms with E-state index >= 15 is 0 Å². The second-order valence-corrected chi connectivity index (χ2v) is 5.28. The number of anilines is 1. The smallest absolute Gasteiger partial charge is 0.182 e. The minimum absolute atomic E-state index is 0.342. The first-order chi connectivity index (χ1) is 9.72. The molecule has 1 aliphatic rings. The van der Waals surface area contributed by atoms with E-state index in [1.807, 2.05) is 29.8 Å². The lowest BCUT2D eigenvalue weighted by Crippen LogP contribution is -2.12. The summed E-state index contributed by atoms with van der Waals surface area (Å²) in [6.45, 7) is 3.66. The summed E-state index contributed by atoms with van der Waals surface area (Å²) in [5.41, 5.74) is 8.68. The molecule has 1 fully saturated rings. The molecule has 1 aromatic heterocycles. The van der Waals surface area contributed by atoms with Crippen molar-refractivity contribution in [1.29, 1.82) is 0 Å². The fourth-order valence-corrected chi connectivity index (χ4v) is 2.64. The fraction of sp³-hybridized carbons (Fsp3) is 0.500. The maximum Gasteiger partial charge on any atom is 0.182 e. The molecule has 0 amide bonds. The van der Waals surface area contributed by atoms with Gasteiger partial charge in [0.05, 0.1) is 6.10 Å². The number of benzene rings is 1. The lowest BCUT2D eigenvalue weighted by molar-refractivity contribution is 0.0994. The number of rotatable bonds is 4. The summed E-state index contributed by atoms with van der Waals surface area (Å²) in [4.78, 5) is 0. The second-order valence-electron chi connectivity index (χ2n) is 5.28. The van der Waals surface area contributed by atoms with Gasteiger partial charge in [0.1, 0.15) is 0 Å². The molecule has 1 aliphatic heterocycles. The number of tetrazole rings is 1. The molecule has 0 spiro atoms. The predicted molar refractivity (Wildman–Crippen MR) is 76.0 cm³/mol. The van der Waals surface area contributed by atoms with Gasteiger partial charge in [0.2, 0.25) is 0 Å². The molecular weight excluding hydrogens is 254 g/mol. The summed E-state index contributed by atoms with van der Waals surface area (Å²) >= 11 is 0. The first-order valence-electron chi connectivity index (χ1n) is 6.98. The van der Waals surface area contributed by atoms with Crippen molar-refractivity contribution in [2.45, 2.75) is 38.8 Å². The van der Waals surface area contributed by atoms with Crippen LogP contribution in [-0.4, -0.2) is 32.9 Å². The minimum atomic E-state index is 0.342. The molecule has 20 heavy (non-hydrogen) atoms. The maximum atomic E-state index is 5.89. The Labute approximate surface area is 117 Å². The molecule has 0 radical (unpaired) electrons. The Kier molecular flexibility index (Phi) is 3.64. The largest absolute Gasteiger partial charge is 0.399 e. The van der Waals surface area contributed by atoms with Crippen LogP contribution in [0.3, 0.4) is 0 Å². The van der Waals surface area contributed by atoms with Gasteiger partial charge in [-0.25, -0.2) is 4.68 Å². The number of hydrogen-bond acceptors (Lipinski definition) is 5. The Morgan fingerprint density at radius 2 is 2.30 bits per heavy atom. The van der Waals surface area contributed by atoms with Gasteiger partial charge in [-0.15, -0.1) is 5.10 Å². The van der Waals surface area contributed by atoms with Crippen LogP contribution in [0, 0.1) is 6.92 Å². The standard InChI is InChI=1S/C14H19N5O/c1-10-7-11(9-12(15)8-10)14-16-17-18-19(14)5-4-13-3-2-6-20-13/h7-9,13H,2-6,15H2,1H3. The average Bonchev–Trinajstić information content (AvgIpc) is 3.06. The Bertz CT molecular complexity index is 569. The van der Waals surface area contributed by atoms with Gasteiger partial charge < -0.3 is 10.5 Å². The molecule has 1 saturated heterocycles. The van der Waals surface area contributed by atoms with Gasteiger partial charge in [-0.3, -0.25) is 0 Å². The summed E-state index contributed by atoms with van der Waals surface area (Å²) in [5.74, 6) is 0.762. The van der Waals surface area contributed by atoms with Crippen molar-refractivity contribution in [1.82, 2.24) is 20.2 Å². The quantitative estimate of drug-likeness (QED) is 0.859. The number of ether oxygens (including phenoxy) is 1. The SMILES string of the molecule is Cc1cc(N)cc(-c2nnnn2CCC2CCCO2)c1. The van der Waals surface area contributed by atoms with Crippen molar-refractivity contribution in [3.05, 3.63) is 23.8 Å². The highest BCUT2D eigenvalue weighted by molar-refractivity contribution is 5.62. The first kappa shape index (κ1) is 13.1. The molecule has 6 nitrogen and oxygen atoms in total. The number of nitrogens with zero attached hydrogens (tertiary/aromatic N) is 4. The van der Waals surface area contributed by atoms with Crippen LogP contribution in [-0.2, 0) is 11.3 Å². The number of hydrogen-bond donors (Lipinski definition) is 1. The van der Waals surface area contributed by atoms with Gasteiger partial charge in [0.15, 0.2) is 5.82 Å². The number of nitrogen functional groups attached to an aromatic ring is 1. The lowest BCUT2D eigenvalue weighted by atomic mass is 10.1. The van der Waals surface area contributed by atoms with Gasteiger partial charge in [0.25, 0.3) is 0 Å². The zero-order chi connectivity index (χ0) is 13.9. The van der Waals surface area contributed by atoms with E-state index in [9.17, 15) is 0 Å². The second kappa shape index (κ2) is 5.58. The van der Waals surface area contributed by atoms with Crippen molar-refractivity contribution in [2.24, 2.45) is 0 Å². The summed E-state index contributed by atoms with van der Waals surface area (Å²) < 4.78 is 7.46. The molecule has 2 N–H and O–H groups in total. The monoisotopic (exact) mass is 273 g/mol. The van der Waals surface area contributed by atoms with Crippen LogP contribution < -0.4 is 5.73 Å². The van der Waals surface area contributed by atoms with Crippen molar-refractivity contribution >= 4 is 5.69 Å². The normalized spacial score (nSPS) is 18.6.